The monoisotopic (exact) mass is 295 g/mol. The fourth-order valence-corrected chi connectivity index (χ4v) is 2.53. The van der Waals surface area contributed by atoms with E-state index in [0.717, 1.165) is 11.4 Å². The van der Waals surface area contributed by atoms with Gasteiger partial charge in [0.25, 0.3) is 0 Å². The first kappa shape index (κ1) is 14.4. The molecule has 0 aliphatic carbocycles. The zero-order valence-electron chi connectivity index (χ0n) is 12.3. The van der Waals surface area contributed by atoms with Gasteiger partial charge in [-0.3, -0.25) is 0 Å². The van der Waals surface area contributed by atoms with Crippen LogP contribution in [0.5, 0.6) is 0 Å². The molecule has 3 rings (SSSR count). The summed E-state index contributed by atoms with van der Waals surface area (Å²) in [6.45, 7) is 0. The second kappa shape index (κ2) is 6.47. The lowest BCUT2D eigenvalue weighted by Gasteiger charge is -2.27. The SMILES string of the molecule is N#Cc1cccc(C#N)c1N(c1ccccc1)c1ccccc1. The third-order valence-electron chi connectivity index (χ3n) is 3.53. The van der Waals surface area contributed by atoms with E-state index in [4.69, 9.17) is 0 Å². The largest absolute Gasteiger partial charge is 0.308 e. The van der Waals surface area contributed by atoms with E-state index in [1.807, 2.05) is 65.6 Å². The molecular formula is C20H13N3. The van der Waals surface area contributed by atoms with Crippen molar-refractivity contribution >= 4 is 17.1 Å². The van der Waals surface area contributed by atoms with E-state index in [2.05, 4.69) is 12.1 Å². The lowest BCUT2D eigenvalue weighted by atomic mass is 10.1. The normalized spacial score (nSPS) is 9.65. The Kier molecular flexibility index (Phi) is 4.05. The molecule has 0 N–H and O–H groups in total. The van der Waals surface area contributed by atoms with Gasteiger partial charge in [0.05, 0.1) is 16.8 Å². The van der Waals surface area contributed by atoms with E-state index in [0.29, 0.717) is 16.8 Å². The van der Waals surface area contributed by atoms with Crippen LogP contribution >= 0.6 is 0 Å². The second-order valence-corrected chi connectivity index (χ2v) is 4.93. The summed E-state index contributed by atoms with van der Waals surface area (Å²) in [6.07, 6.45) is 0. The van der Waals surface area contributed by atoms with Crippen LogP contribution in [0.4, 0.5) is 17.1 Å². The Morgan fingerprint density at radius 1 is 0.565 bits per heavy atom. The van der Waals surface area contributed by atoms with Crippen molar-refractivity contribution < 1.29 is 0 Å². The maximum atomic E-state index is 9.50. The Hall–Kier alpha value is -3.56. The fourth-order valence-electron chi connectivity index (χ4n) is 2.53. The average Bonchev–Trinajstić information content (AvgIpc) is 2.64. The van der Waals surface area contributed by atoms with Crippen molar-refractivity contribution in [3.63, 3.8) is 0 Å². The zero-order valence-corrected chi connectivity index (χ0v) is 12.3. The van der Waals surface area contributed by atoms with Crippen LogP contribution in [-0.2, 0) is 0 Å². The summed E-state index contributed by atoms with van der Waals surface area (Å²) in [7, 11) is 0. The maximum Gasteiger partial charge on any atom is 0.101 e. The molecule has 0 radical (unpaired) electrons. The fraction of sp³-hybridized carbons (Fsp3) is 0. The highest BCUT2D eigenvalue weighted by atomic mass is 15.1. The molecule has 0 fully saturated rings. The van der Waals surface area contributed by atoms with Crippen molar-refractivity contribution in [2.75, 3.05) is 4.90 Å². The van der Waals surface area contributed by atoms with E-state index >= 15 is 0 Å². The van der Waals surface area contributed by atoms with Gasteiger partial charge in [0.1, 0.15) is 12.1 Å². The molecule has 0 spiro atoms. The first-order valence-corrected chi connectivity index (χ1v) is 7.18. The molecule has 0 aliphatic heterocycles. The van der Waals surface area contributed by atoms with Crippen molar-refractivity contribution in [1.82, 2.24) is 0 Å². The van der Waals surface area contributed by atoms with E-state index in [-0.39, 0.29) is 0 Å². The van der Waals surface area contributed by atoms with Crippen molar-refractivity contribution in [1.29, 1.82) is 10.5 Å². The van der Waals surface area contributed by atoms with Crippen molar-refractivity contribution in [2.45, 2.75) is 0 Å². The van der Waals surface area contributed by atoms with Gasteiger partial charge in [0.2, 0.25) is 0 Å². The van der Waals surface area contributed by atoms with Crippen molar-refractivity contribution in [3.8, 4) is 12.1 Å². The third-order valence-corrected chi connectivity index (χ3v) is 3.53. The topological polar surface area (TPSA) is 50.8 Å². The Morgan fingerprint density at radius 2 is 1.00 bits per heavy atom. The molecule has 0 aliphatic rings. The summed E-state index contributed by atoms with van der Waals surface area (Å²) in [4.78, 5) is 1.94. The number of hydrogen-bond acceptors (Lipinski definition) is 3. The predicted octanol–water partition coefficient (Wildman–Crippen LogP) is 4.90. The average molecular weight is 295 g/mol. The molecule has 23 heavy (non-hydrogen) atoms. The van der Waals surface area contributed by atoms with Gasteiger partial charge in [-0.05, 0) is 36.4 Å². The van der Waals surface area contributed by atoms with E-state index in [9.17, 15) is 10.5 Å². The minimum atomic E-state index is 0.469. The van der Waals surface area contributed by atoms with Gasteiger partial charge in [0.15, 0.2) is 0 Å². The molecule has 108 valence electrons. The van der Waals surface area contributed by atoms with Crippen LogP contribution in [0.2, 0.25) is 0 Å². The number of benzene rings is 3. The van der Waals surface area contributed by atoms with Gasteiger partial charge < -0.3 is 4.90 Å². The molecule has 0 aromatic heterocycles. The lowest BCUT2D eigenvalue weighted by molar-refractivity contribution is 1.26. The molecule has 3 aromatic carbocycles. The molecule has 3 aromatic rings. The summed E-state index contributed by atoms with van der Waals surface area (Å²) < 4.78 is 0. The minimum absolute atomic E-state index is 0.469. The Bertz CT molecular complexity index is 816. The van der Waals surface area contributed by atoms with Crippen LogP contribution in [0.15, 0.2) is 78.9 Å². The number of nitriles is 2. The number of para-hydroxylation sites is 3. The number of rotatable bonds is 3. The summed E-state index contributed by atoms with van der Waals surface area (Å²) in [5.74, 6) is 0. The number of hydrogen-bond donors (Lipinski definition) is 0. The molecule has 0 atom stereocenters. The van der Waals surface area contributed by atoms with Crippen LogP contribution in [0.3, 0.4) is 0 Å². The summed E-state index contributed by atoms with van der Waals surface area (Å²) in [5.41, 5.74) is 3.35. The number of nitrogens with zero attached hydrogens (tertiary/aromatic N) is 3. The van der Waals surface area contributed by atoms with Crippen LogP contribution in [0.25, 0.3) is 0 Å². The Morgan fingerprint density at radius 3 is 1.39 bits per heavy atom. The molecule has 0 saturated heterocycles. The maximum absolute atomic E-state index is 9.50. The van der Waals surface area contributed by atoms with Crippen LogP contribution in [0, 0.1) is 22.7 Å². The molecule has 0 bridgehead atoms. The van der Waals surface area contributed by atoms with Gasteiger partial charge in [-0.15, -0.1) is 0 Å². The molecule has 0 heterocycles. The highest BCUT2D eigenvalue weighted by Crippen LogP contribution is 2.38. The summed E-state index contributed by atoms with van der Waals surface area (Å²) in [6, 6.07) is 29.1. The number of anilines is 3. The zero-order chi connectivity index (χ0) is 16.1. The highest BCUT2D eigenvalue weighted by molar-refractivity contribution is 5.83. The van der Waals surface area contributed by atoms with Crippen molar-refractivity contribution in [3.05, 3.63) is 90.0 Å². The molecule has 0 unspecified atom stereocenters. The van der Waals surface area contributed by atoms with Gasteiger partial charge >= 0.3 is 0 Å². The Balaban J connectivity index is 2.31. The second-order valence-electron chi connectivity index (χ2n) is 4.93. The molecule has 0 amide bonds. The molecular weight excluding hydrogens is 282 g/mol. The Labute approximate surface area is 135 Å². The van der Waals surface area contributed by atoms with Gasteiger partial charge in [0, 0.05) is 11.4 Å². The van der Waals surface area contributed by atoms with E-state index in [1.54, 1.807) is 18.2 Å². The van der Waals surface area contributed by atoms with E-state index < -0.39 is 0 Å². The van der Waals surface area contributed by atoms with Gasteiger partial charge in [-0.25, -0.2) is 0 Å². The van der Waals surface area contributed by atoms with Crippen LogP contribution < -0.4 is 4.90 Å². The molecule has 0 saturated carbocycles. The van der Waals surface area contributed by atoms with Crippen LogP contribution in [-0.4, -0.2) is 0 Å². The minimum Gasteiger partial charge on any atom is -0.308 e. The first-order chi connectivity index (χ1) is 11.3. The molecule has 3 nitrogen and oxygen atoms in total. The molecule has 3 heteroatoms. The standard InChI is InChI=1S/C20H13N3/c21-14-16-8-7-9-17(15-22)20(16)23(18-10-3-1-4-11-18)19-12-5-2-6-13-19/h1-13H. The summed E-state index contributed by atoms with van der Waals surface area (Å²) in [5, 5.41) is 19.0. The highest BCUT2D eigenvalue weighted by Gasteiger charge is 2.19. The van der Waals surface area contributed by atoms with Crippen LogP contribution in [0.1, 0.15) is 11.1 Å². The summed E-state index contributed by atoms with van der Waals surface area (Å²) >= 11 is 0. The van der Waals surface area contributed by atoms with Gasteiger partial charge in [-0.2, -0.15) is 10.5 Å². The third kappa shape index (κ3) is 2.77. The smallest absolute Gasteiger partial charge is 0.101 e. The predicted molar refractivity (Wildman–Crippen MR) is 90.6 cm³/mol. The quantitative estimate of drug-likeness (QED) is 0.690. The van der Waals surface area contributed by atoms with E-state index in [1.165, 1.54) is 0 Å². The van der Waals surface area contributed by atoms with Crippen molar-refractivity contribution in [2.24, 2.45) is 0 Å². The van der Waals surface area contributed by atoms with Gasteiger partial charge in [-0.1, -0.05) is 42.5 Å². The first-order valence-electron chi connectivity index (χ1n) is 7.18. The lowest BCUT2D eigenvalue weighted by Crippen LogP contribution is -2.13.